The van der Waals surface area contributed by atoms with Crippen LogP contribution in [0.15, 0.2) is 39.5 Å². The minimum atomic E-state index is -0.774. The van der Waals surface area contributed by atoms with E-state index in [9.17, 15) is 14.7 Å². The van der Waals surface area contributed by atoms with Gasteiger partial charge in [0.1, 0.15) is 5.58 Å². The second-order valence-corrected chi connectivity index (χ2v) is 7.26. The first-order valence-corrected chi connectivity index (χ1v) is 9.74. The van der Waals surface area contributed by atoms with Crippen molar-refractivity contribution in [2.24, 2.45) is 0 Å². The smallest absolute Gasteiger partial charge is 0.290 e. The molecule has 0 spiro atoms. The average Bonchev–Trinajstić information content (AvgIpc) is 3.05. The summed E-state index contributed by atoms with van der Waals surface area (Å²) in [6.45, 7) is 1.64. The molecule has 162 valence electrons. The molecule has 4 rings (SSSR count). The third-order valence-corrected chi connectivity index (χ3v) is 5.46. The number of carbonyl (C=O) groups excluding carboxylic acids is 1. The van der Waals surface area contributed by atoms with Crippen molar-refractivity contribution >= 4 is 16.9 Å². The summed E-state index contributed by atoms with van der Waals surface area (Å²) in [6, 6.07) is 7.86. The van der Waals surface area contributed by atoms with E-state index in [1.54, 1.807) is 24.3 Å². The Balaban J connectivity index is 2.02. The van der Waals surface area contributed by atoms with Crippen LogP contribution in [0.4, 0.5) is 0 Å². The minimum absolute atomic E-state index is 0.0199. The van der Waals surface area contributed by atoms with Crippen LogP contribution in [-0.4, -0.2) is 50.4 Å². The number of ether oxygens (including phenoxy) is 3. The number of nitrogens with zero attached hydrogens (tertiary/aromatic N) is 1. The molecule has 1 N–H and O–H groups in total. The van der Waals surface area contributed by atoms with E-state index >= 15 is 0 Å². The first kappa shape index (κ1) is 20.7. The van der Waals surface area contributed by atoms with E-state index in [-0.39, 0.29) is 29.9 Å². The van der Waals surface area contributed by atoms with Gasteiger partial charge in [0.05, 0.1) is 44.9 Å². The molecule has 3 aromatic rings. The van der Waals surface area contributed by atoms with Crippen molar-refractivity contribution in [2.75, 3.05) is 34.5 Å². The van der Waals surface area contributed by atoms with Crippen LogP contribution in [0.5, 0.6) is 17.2 Å². The maximum atomic E-state index is 13.5. The third kappa shape index (κ3) is 3.19. The molecule has 1 aliphatic rings. The number of hydrogen-bond acceptors (Lipinski definition) is 7. The highest BCUT2D eigenvalue weighted by Gasteiger charge is 2.43. The van der Waals surface area contributed by atoms with Gasteiger partial charge in [-0.2, -0.15) is 0 Å². The highest BCUT2D eigenvalue weighted by molar-refractivity contribution is 5.99. The van der Waals surface area contributed by atoms with Crippen molar-refractivity contribution in [1.29, 1.82) is 0 Å². The van der Waals surface area contributed by atoms with E-state index in [1.807, 2.05) is 13.0 Å². The molecule has 0 saturated carbocycles. The van der Waals surface area contributed by atoms with E-state index in [0.717, 1.165) is 5.56 Å². The van der Waals surface area contributed by atoms with Gasteiger partial charge in [-0.1, -0.05) is 11.6 Å². The number of hydrogen-bond donors (Lipinski definition) is 1. The first-order chi connectivity index (χ1) is 14.9. The minimum Gasteiger partial charge on any atom is -0.493 e. The van der Waals surface area contributed by atoms with Crippen LogP contribution < -0.4 is 19.6 Å². The highest BCUT2D eigenvalue weighted by Crippen LogP contribution is 2.44. The van der Waals surface area contributed by atoms with Crippen molar-refractivity contribution in [3.8, 4) is 17.2 Å². The Kier molecular flexibility index (Phi) is 5.32. The summed E-state index contributed by atoms with van der Waals surface area (Å²) >= 11 is 0. The fourth-order valence-corrected chi connectivity index (χ4v) is 4.08. The molecular weight excluding hydrogens is 402 g/mol. The summed E-state index contributed by atoms with van der Waals surface area (Å²) in [6.07, 6.45) is 0. The summed E-state index contributed by atoms with van der Waals surface area (Å²) < 4.78 is 22.2. The van der Waals surface area contributed by atoms with Crippen molar-refractivity contribution in [2.45, 2.75) is 13.0 Å². The van der Waals surface area contributed by atoms with Gasteiger partial charge in [-0.25, -0.2) is 0 Å². The molecule has 0 saturated heterocycles. The van der Waals surface area contributed by atoms with Crippen LogP contribution >= 0.6 is 0 Å². The highest BCUT2D eigenvalue weighted by atomic mass is 16.5. The lowest BCUT2D eigenvalue weighted by Gasteiger charge is -2.25. The topological polar surface area (TPSA) is 98.4 Å². The van der Waals surface area contributed by atoms with E-state index in [2.05, 4.69) is 0 Å². The second kappa shape index (κ2) is 7.96. The van der Waals surface area contributed by atoms with Gasteiger partial charge in [-0.15, -0.1) is 0 Å². The molecule has 0 bridgehead atoms. The van der Waals surface area contributed by atoms with Gasteiger partial charge in [0.15, 0.2) is 16.9 Å². The lowest BCUT2D eigenvalue weighted by molar-refractivity contribution is 0.0691. The Labute approximate surface area is 178 Å². The largest absolute Gasteiger partial charge is 0.493 e. The molecule has 1 aliphatic heterocycles. The van der Waals surface area contributed by atoms with Gasteiger partial charge in [0.25, 0.3) is 5.91 Å². The monoisotopic (exact) mass is 425 g/mol. The lowest BCUT2D eigenvalue weighted by Crippen LogP contribution is -2.32. The van der Waals surface area contributed by atoms with Crippen LogP contribution in [0, 0.1) is 6.92 Å². The van der Waals surface area contributed by atoms with E-state index in [4.69, 9.17) is 18.6 Å². The average molecular weight is 425 g/mol. The SMILES string of the molecule is COc1cc([C@@H]2c3c(oc4ccc(C)cc4c3=O)C(=O)N2CCO)cc(OC)c1OC. The standard InChI is InChI=1S/C23H23NO7/c1-12-5-6-15-14(9-12)20(26)18-19(24(7-8-25)23(27)22(18)31-15)13-10-16(28-2)21(30-4)17(11-13)29-3/h5-6,9-11,19,25H,7-8H2,1-4H3/t19-/m1/s1. The molecule has 2 heterocycles. The van der Waals surface area contributed by atoms with E-state index < -0.39 is 11.9 Å². The molecule has 1 aromatic heterocycles. The van der Waals surface area contributed by atoms with Gasteiger partial charge in [-0.05, 0) is 36.8 Å². The lowest BCUT2D eigenvalue weighted by atomic mass is 9.97. The van der Waals surface area contributed by atoms with Crippen LogP contribution in [-0.2, 0) is 0 Å². The summed E-state index contributed by atoms with van der Waals surface area (Å²) in [5.41, 5.74) is 1.77. The molecule has 8 heteroatoms. The Bertz CT molecular complexity index is 1210. The van der Waals surface area contributed by atoms with Crippen molar-refractivity contribution in [3.63, 3.8) is 0 Å². The van der Waals surface area contributed by atoms with E-state index in [0.29, 0.717) is 33.8 Å². The van der Waals surface area contributed by atoms with Gasteiger partial charge < -0.3 is 28.6 Å². The predicted molar refractivity (Wildman–Crippen MR) is 113 cm³/mol. The maximum Gasteiger partial charge on any atom is 0.290 e. The number of aliphatic hydroxyl groups excluding tert-OH is 1. The number of methoxy groups -OCH3 is 3. The zero-order valence-corrected chi connectivity index (χ0v) is 17.7. The van der Waals surface area contributed by atoms with Crippen LogP contribution in [0.25, 0.3) is 11.0 Å². The summed E-state index contributed by atoms with van der Waals surface area (Å²) in [7, 11) is 4.48. The van der Waals surface area contributed by atoms with Crippen LogP contribution in [0.1, 0.15) is 33.3 Å². The van der Waals surface area contributed by atoms with Gasteiger partial charge in [0.2, 0.25) is 11.5 Å². The van der Waals surface area contributed by atoms with Gasteiger partial charge in [0, 0.05) is 6.54 Å². The normalized spacial score (nSPS) is 15.3. The molecule has 0 fully saturated rings. The molecule has 0 radical (unpaired) electrons. The molecule has 2 aromatic carbocycles. The maximum absolute atomic E-state index is 13.5. The molecule has 1 atom stereocenters. The molecule has 8 nitrogen and oxygen atoms in total. The second-order valence-electron chi connectivity index (χ2n) is 7.26. The number of rotatable bonds is 6. The Morgan fingerprint density at radius 3 is 2.29 bits per heavy atom. The summed E-state index contributed by atoms with van der Waals surface area (Å²) in [5, 5.41) is 9.99. The zero-order valence-electron chi connectivity index (χ0n) is 17.7. The number of fused-ring (bicyclic) bond motifs is 2. The first-order valence-electron chi connectivity index (χ1n) is 9.74. The quantitative estimate of drug-likeness (QED) is 0.648. The third-order valence-electron chi connectivity index (χ3n) is 5.46. The predicted octanol–water partition coefficient (Wildman–Crippen LogP) is 2.66. The Morgan fingerprint density at radius 1 is 1.03 bits per heavy atom. The van der Waals surface area contributed by atoms with E-state index in [1.165, 1.54) is 26.2 Å². The zero-order chi connectivity index (χ0) is 22.3. The van der Waals surface area contributed by atoms with Crippen molar-refractivity contribution < 1.29 is 28.5 Å². The van der Waals surface area contributed by atoms with Crippen LogP contribution in [0.2, 0.25) is 0 Å². The summed E-state index contributed by atoms with van der Waals surface area (Å²) in [5.74, 6) is 0.703. The Hall–Kier alpha value is -3.52. The van der Waals surface area contributed by atoms with Gasteiger partial charge >= 0.3 is 0 Å². The number of β-amino-alcohol motifs (C(OH)–C–C–N with tert-alkyl or cyclic N) is 1. The van der Waals surface area contributed by atoms with Crippen LogP contribution in [0.3, 0.4) is 0 Å². The fraction of sp³-hybridized carbons (Fsp3) is 0.304. The fourth-order valence-electron chi connectivity index (χ4n) is 4.08. The summed E-state index contributed by atoms with van der Waals surface area (Å²) in [4.78, 5) is 28.1. The molecule has 0 aliphatic carbocycles. The number of benzene rings is 2. The Morgan fingerprint density at radius 2 is 1.71 bits per heavy atom. The molecular formula is C23H23NO7. The number of carbonyl (C=O) groups is 1. The van der Waals surface area contributed by atoms with Crippen molar-refractivity contribution in [1.82, 2.24) is 4.90 Å². The number of aliphatic hydroxyl groups is 1. The molecule has 0 unspecified atom stereocenters. The number of aryl methyl sites for hydroxylation is 1. The molecule has 31 heavy (non-hydrogen) atoms. The molecule has 1 amide bonds. The van der Waals surface area contributed by atoms with Gasteiger partial charge in [-0.3, -0.25) is 9.59 Å². The number of amides is 1. The van der Waals surface area contributed by atoms with Crippen molar-refractivity contribution in [3.05, 3.63) is 63.0 Å².